The standard InChI is InChI=1S/C24H25N3O2/c1-15-6-4-9-21(10-15)27-16(2)11-22(17(27)3)24(29)26-20-8-5-7-18(12-20)19-13-23(28)25-14-19/h4-12,19H,13-14H2,1-3H3,(H,25,28)(H,26,29). The van der Waals surface area contributed by atoms with Crippen molar-refractivity contribution in [2.45, 2.75) is 33.1 Å². The van der Waals surface area contributed by atoms with Crippen LogP contribution in [-0.2, 0) is 4.79 Å². The van der Waals surface area contributed by atoms with E-state index in [4.69, 9.17) is 0 Å². The lowest BCUT2D eigenvalue weighted by Crippen LogP contribution is -2.14. The summed E-state index contributed by atoms with van der Waals surface area (Å²) in [5, 5.41) is 5.88. The van der Waals surface area contributed by atoms with Gasteiger partial charge in [-0.3, -0.25) is 9.59 Å². The molecule has 2 heterocycles. The van der Waals surface area contributed by atoms with Crippen molar-refractivity contribution in [3.8, 4) is 5.69 Å². The first-order valence-electron chi connectivity index (χ1n) is 9.86. The Morgan fingerprint density at radius 3 is 2.59 bits per heavy atom. The van der Waals surface area contributed by atoms with Gasteiger partial charge in [0.25, 0.3) is 5.91 Å². The van der Waals surface area contributed by atoms with Crippen LogP contribution in [0.25, 0.3) is 5.69 Å². The summed E-state index contributed by atoms with van der Waals surface area (Å²) >= 11 is 0. The molecule has 148 valence electrons. The molecule has 0 spiro atoms. The molecule has 0 radical (unpaired) electrons. The Kier molecular flexibility index (Phi) is 4.97. The molecule has 3 aromatic rings. The molecule has 1 aromatic heterocycles. The lowest BCUT2D eigenvalue weighted by Gasteiger charge is -2.12. The van der Waals surface area contributed by atoms with E-state index in [0.29, 0.717) is 18.5 Å². The summed E-state index contributed by atoms with van der Waals surface area (Å²) in [6.45, 7) is 6.69. The Balaban J connectivity index is 1.58. The van der Waals surface area contributed by atoms with E-state index in [-0.39, 0.29) is 17.7 Å². The van der Waals surface area contributed by atoms with E-state index in [2.05, 4.69) is 40.3 Å². The molecule has 29 heavy (non-hydrogen) atoms. The van der Waals surface area contributed by atoms with Gasteiger partial charge in [-0.1, -0.05) is 24.3 Å². The highest BCUT2D eigenvalue weighted by Gasteiger charge is 2.23. The van der Waals surface area contributed by atoms with Crippen LogP contribution < -0.4 is 10.6 Å². The van der Waals surface area contributed by atoms with Crippen molar-refractivity contribution in [3.05, 3.63) is 82.7 Å². The van der Waals surface area contributed by atoms with Crippen molar-refractivity contribution in [2.24, 2.45) is 0 Å². The second-order valence-corrected chi connectivity index (χ2v) is 7.74. The summed E-state index contributed by atoms with van der Waals surface area (Å²) in [4.78, 5) is 24.5. The van der Waals surface area contributed by atoms with Crippen molar-refractivity contribution in [3.63, 3.8) is 0 Å². The van der Waals surface area contributed by atoms with Crippen molar-refractivity contribution in [2.75, 3.05) is 11.9 Å². The molecule has 2 aromatic carbocycles. The SMILES string of the molecule is Cc1cccc(-n2c(C)cc(C(=O)Nc3cccc(C4CNC(=O)C4)c3)c2C)c1. The highest BCUT2D eigenvalue weighted by Crippen LogP contribution is 2.26. The van der Waals surface area contributed by atoms with Crippen LogP contribution in [-0.4, -0.2) is 22.9 Å². The van der Waals surface area contributed by atoms with Crippen LogP contribution in [0.15, 0.2) is 54.6 Å². The summed E-state index contributed by atoms with van der Waals surface area (Å²) in [5.74, 6) is 0.105. The van der Waals surface area contributed by atoms with Crippen LogP contribution in [0, 0.1) is 20.8 Å². The minimum Gasteiger partial charge on any atom is -0.355 e. The van der Waals surface area contributed by atoms with E-state index in [1.807, 2.05) is 50.2 Å². The van der Waals surface area contributed by atoms with Gasteiger partial charge in [0.15, 0.2) is 0 Å². The molecular formula is C24H25N3O2. The lowest BCUT2D eigenvalue weighted by atomic mass is 9.98. The molecule has 0 bridgehead atoms. The second kappa shape index (κ2) is 7.59. The maximum absolute atomic E-state index is 13.0. The molecule has 1 aliphatic rings. The summed E-state index contributed by atoms with van der Waals surface area (Å²) in [7, 11) is 0. The van der Waals surface area contributed by atoms with E-state index in [1.165, 1.54) is 5.56 Å². The third-order valence-corrected chi connectivity index (χ3v) is 5.53. The van der Waals surface area contributed by atoms with Gasteiger partial charge < -0.3 is 15.2 Å². The Morgan fingerprint density at radius 1 is 1.07 bits per heavy atom. The van der Waals surface area contributed by atoms with Crippen molar-refractivity contribution < 1.29 is 9.59 Å². The Hall–Kier alpha value is -3.34. The van der Waals surface area contributed by atoms with Crippen LogP contribution in [0.3, 0.4) is 0 Å². The van der Waals surface area contributed by atoms with Crippen LogP contribution in [0.5, 0.6) is 0 Å². The molecule has 4 rings (SSSR count). The number of aromatic nitrogens is 1. The Labute approximate surface area is 170 Å². The third kappa shape index (κ3) is 3.81. The minimum absolute atomic E-state index is 0.0769. The first kappa shape index (κ1) is 19.0. The number of nitrogens with one attached hydrogen (secondary N) is 2. The van der Waals surface area contributed by atoms with E-state index in [0.717, 1.165) is 28.3 Å². The zero-order valence-electron chi connectivity index (χ0n) is 17.0. The molecule has 5 heteroatoms. The Bertz CT molecular complexity index is 1100. The third-order valence-electron chi connectivity index (χ3n) is 5.53. The van der Waals surface area contributed by atoms with Gasteiger partial charge in [-0.2, -0.15) is 0 Å². The fourth-order valence-corrected chi connectivity index (χ4v) is 4.07. The smallest absolute Gasteiger partial charge is 0.257 e. The number of carbonyl (C=O) groups is 2. The minimum atomic E-state index is -0.130. The monoisotopic (exact) mass is 387 g/mol. The zero-order chi connectivity index (χ0) is 20.5. The molecule has 0 saturated carbocycles. The van der Waals surface area contributed by atoms with E-state index < -0.39 is 0 Å². The second-order valence-electron chi connectivity index (χ2n) is 7.74. The average Bonchev–Trinajstić information content (AvgIpc) is 3.25. The molecule has 2 amide bonds. The molecule has 1 unspecified atom stereocenters. The maximum Gasteiger partial charge on any atom is 0.257 e. The summed E-state index contributed by atoms with van der Waals surface area (Å²) < 4.78 is 2.11. The number of amides is 2. The quantitative estimate of drug-likeness (QED) is 0.703. The molecule has 5 nitrogen and oxygen atoms in total. The predicted octanol–water partition coefficient (Wildman–Crippen LogP) is 4.26. The van der Waals surface area contributed by atoms with Crippen molar-refractivity contribution >= 4 is 17.5 Å². The fourth-order valence-electron chi connectivity index (χ4n) is 4.07. The van der Waals surface area contributed by atoms with Crippen molar-refractivity contribution in [1.29, 1.82) is 0 Å². The largest absolute Gasteiger partial charge is 0.355 e. The zero-order valence-corrected chi connectivity index (χ0v) is 17.0. The molecule has 0 aliphatic carbocycles. The number of nitrogens with zero attached hydrogens (tertiary/aromatic N) is 1. The molecule has 1 aliphatic heterocycles. The topological polar surface area (TPSA) is 63.1 Å². The molecule has 1 fully saturated rings. The lowest BCUT2D eigenvalue weighted by molar-refractivity contribution is -0.119. The number of hydrogen-bond donors (Lipinski definition) is 2. The first-order valence-corrected chi connectivity index (χ1v) is 9.86. The van der Waals surface area contributed by atoms with Gasteiger partial charge >= 0.3 is 0 Å². The van der Waals surface area contributed by atoms with Gasteiger partial charge in [0.05, 0.1) is 5.56 Å². The molecule has 1 saturated heterocycles. The highest BCUT2D eigenvalue weighted by atomic mass is 16.2. The van der Waals surface area contributed by atoms with Crippen molar-refractivity contribution in [1.82, 2.24) is 9.88 Å². The van der Waals surface area contributed by atoms with Gasteiger partial charge in [0, 0.05) is 41.6 Å². The number of hydrogen-bond acceptors (Lipinski definition) is 2. The molecular weight excluding hydrogens is 362 g/mol. The molecule has 1 atom stereocenters. The summed E-state index contributed by atoms with van der Waals surface area (Å²) in [6, 6.07) is 17.9. The van der Waals surface area contributed by atoms with Gasteiger partial charge in [-0.25, -0.2) is 0 Å². The van der Waals surface area contributed by atoms with E-state index in [1.54, 1.807) is 0 Å². The Morgan fingerprint density at radius 2 is 1.86 bits per heavy atom. The first-order chi connectivity index (χ1) is 13.9. The van der Waals surface area contributed by atoms with Gasteiger partial charge in [0.2, 0.25) is 5.91 Å². The van der Waals surface area contributed by atoms with Crippen LogP contribution >= 0.6 is 0 Å². The normalized spacial score (nSPS) is 16.0. The average molecular weight is 387 g/mol. The van der Waals surface area contributed by atoms with Gasteiger partial charge in [-0.15, -0.1) is 0 Å². The summed E-state index contributed by atoms with van der Waals surface area (Å²) in [5.41, 5.74) is 6.62. The highest BCUT2D eigenvalue weighted by molar-refractivity contribution is 6.05. The number of benzene rings is 2. The summed E-state index contributed by atoms with van der Waals surface area (Å²) in [6.07, 6.45) is 0.495. The van der Waals surface area contributed by atoms with Gasteiger partial charge in [0.1, 0.15) is 0 Å². The number of anilines is 1. The number of rotatable bonds is 4. The predicted molar refractivity (Wildman–Crippen MR) is 115 cm³/mol. The van der Waals surface area contributed by atoms with Gasteiger partial charge in [-0.05, 0) is 62.2 Å². The van der Waals surface area contributed by atoms with E-state index >= 15 is 0 Å². The number of carbonyl (C=O) groups excluding carboxylic acids is 2. The van der Waals surface area contributed by atoms with Crippen LogP contribution in [0.2, 0.25) is 0 Å². The van der Waals surface area contributed by atoms with E-state index in [9.17, 15) is 9.59 Å². The fraction of sp³-hybridized carbons (Fsp3) is 0.250. The molecule has 2 N–H and O–H groups in total. The van der Waals surface area contributed by atoms with Crippen LogP contribution in [0.1, 0.15) is 45.2 Å². The number of aryl methyl sites for hydroxylation is 2. The maximum atomic E-state index is 13.0. The van der Waals surface area contributed by atoms with Crippen LogP contribution in [0.4, 0.5) is 5.69 Å².